The molecule has 0 fully saturated rings. The van der Waals surface area contributed by atoms with Crippen LogP contribution < -0.4 is 5.32 Å². The Morgan fingerprint density at radius 2 is 2.29 bits per heavy atom. The Balaban J connectivity index is 1.87. The van der Waals surface area contributed by atoms with E-state index in [0.29, 0.717) is 18.7 Å². The largest absolute Gasteiger partial charge is 0.357 e. The number of hydrogen-bond donors (Lipinski definition) is 3. The number of nitrogens with zero attached hydrogens (tertiary/aromatic N) is 2. The summed E-state index contributed by atoms with van der Waals surface area (Å²) >= 11 is 0. The van der Waals surface area contributed by atoms with Crippen LogP contribution in [0, 0.1) is 11.3 Å². The van der Waals surface area contributed by atoms with E-state index < -0.39 is 0 Å². The first kappa shape index (κ1) is 12.9. The third kappa shape index (κ3) is 2.49. The van der Waals surface area contributed by atoms with Gasteiger partial charge >= 0.3 is 0 Å². The molecular formula is C15H13N5O. The van der Waals surface area contributed by atoms with Crippen LogP contribution in [0.15, 0.2) is 36.8 Å². The van der Waals surface area contributed by atoms with Gasteiger partial charge in [0.25, 0.3) is 5.91 Å². The Kier molecular flexibility index (Phi) is 3.39. The molecule has 0 bridgehead atoms. The van der Waals surface area contributed by atoms with Gasteiger partial charge in [0, 0.05) is 36.1 Å². The number of aromatic nitrogens is 3. The maximum absolute atomic E-state index is 11.9. The fourth-order valence-corrected chi connectivity index (χ4v) is 2.22. The summed E-state index contributed by atoms with van der Waals surface area (Å²) in [6, 6.07) is 7.65. The van der Waals surface area contributed by atoms with E-state index in [1.807, 2.05) is 24.4 Å². The normalized spacial score (nSPS) is 10.4. The van der Waals surface area contributed by atoms with Crippen LogP contribution in [0.1, 0.15) is 16.9 Å². The van der Waals surface area contributed by atoms with Crippen molar-refractivity contribution < 1.29 is 4.79 Å². The summed E-state index contributed by atoms with van der Waals surface area (Å²) in [6.45, 7) is 0.348. The van der Waals surface area contributed by atoms with Gasteiger partial charge in [-0.15, -0.1) is 0 Å². The molecule has 0 spiro atoms. The average molecular weight is 279 g/mol. The van der Waals surface area contributed by atoms with E-state index in [9.17, 15) is 4.79 Å². The van der Waals surface area contributed by atoms with Crippen LogP contribution in [0.25, 0.3) is 22.2 Å². The molecule has 3 aromatic rings. The summed E-state index contributed by atoms with van der Waals surface area (Å²) < 4.78 is 0. The molecule has 0 radical (unpaired) electrons. The molecule has 0 saturated carbocycles. The minimum Gasteiger partial charge on any atom is -0.357 e. The lowest BCUT2D eigenvalue weighted by atomic mass is 10.1. The highest BCUT2D eigenvalue weighted by Gasteiger charge is 2.11. The molecule has 3 aromatic heterocycles. The number of pyridine rings is 1. The minimum absolute atomic E-state index is 0.212. The van der Waals surface area contributed by atoms with E-state index in [0.717, 1.165) is 22.2 Å². The van der Waals surface area contributed by atoms with Crippen LogP contribution in [-0.2, 0) is 0 Å². The lowest BCUT2D eigenvalue weighted by Gasteiger charge is -2.00. The van der Waals surface area contributed by atoms with Crippen molar-refractivity contribution in [3.63, 3.8) is 0 Å². The molecule has 21 heavy (non-hydrogen) atoms. The van der Waals surface area contributed by atoms with Crippen LogP contribution in [0.4, 0.5) is 0 Å². The number of aromatic amines is 2. The highest BCUT2D eigenvalue weighted by Crippen LogP contribution is 2.27. The van der Waals surface area contributed by atoms with Crippen molar-refractivity contribution in [3.05, 3.63) is 42.5 Å². The Morgan fingerprint density at radius 3 is 3.14 bits per heavy atom. The van der Waals surface area contributed by atoms with Gasteiger partial charge in [-0.05, 0) is 23.8 Å². The summed E-state index contributed by atoms with van der Waals surface area (Å²) in [5.74, 6) is -0.212. The third-order valence-corrected chi connectivity index (χ3v) is 3.22. The first-order valence-electron chi connectivity index (χ1n) is 6.55. The summed E-state index contributed by atoms with van der Waals surface area (Å²) in [5, 5.41) is 12.2. The van der Waals surface area contributed by atoms with Crippen LogP contribution in [0.3, 0.4) is 0 Å². The molecule has 6 nitrogen and oxygen atoms in total. The fraction of sp³-hybridized carbons (Fsp3) is 0.133. The predicted molar refractivity (Wildman–Crippen MR) is 78.4 cm³/mol. The second-order valence-electron chi connectivity index (χ2n) is 4.56. The number of rotatable bonds is 4. The zero-order valence-corrected chi connectivity index (χ0v) is 11.2. The van der Waals surface area contributed by atoms with Crippen molar-refractivity contribution in [1.29, 1.82) is 5.26 Å². The van der Waals surface area contributed by atoms with Gasteiger partial charge in [0.05, 0.1) is 12.5 Å². The maximum atomic E-state index is 11.9. The minimum atomic E-state index is -0.212. The summed E-state index contributed by atoms with van der Waals surface area (Å²) in [4.78, 5) is 22.2. The number of H-pyrrole nitrogens is 2. The van der Waals surface area contributed by atoms with Gasteiger partial charge in [-0.3, -0.25) is 4.79 Å². The molecule has 0 saturated heterocycles. The van der Waals surface area contributed by atoms with Crippen LogP contribution >= 0.6 is 0 Å². The molecule has 104 valence electrons. The summed E-state index contributed by atoms with van der Waals surface area (Å²) in [7, 11) is 0. The Hall–Kier alpha value is -3.07. The SMILES string of the molecule is N#CCCNC(=O)c1cc(-c2ccnc3[nH]ccc23)c[nH]1. The average Bonchev–Trinajstić information content (AvgIpc) is 3.16. The lowest BCUT2D eigenvalue weighted by molar-refractivity contribution is 0.0950. The van der Waals surface area contributed by atoms with Crippen molar-refractivity contribution in [2.75, 3.05) is 6.54 Å². The topological polar surface area (TPSA) is 97.4 Å². The zero-order chi connectivity index (χ0) is 14.7. The number of nitriles is 1. The zero-order valence-electron chi connectivity index (χ0n) is 11.2. The number of amides is 1. The second-order valence-corrected chi connectivity index (χ2v) is 4.56. The number of fused-ring (bicyclic) bond motifs is 1. The van der Waals surface area contributed by atoms with Gasteiger partial charge in [-0.1, -0.05) is 0 Å². The fourth-order valence-electron chi connectivity index (χ4n) is 2.22. The van der Waals surface area contributed by atoms with E-state index in [2.05, 4.69) is 20.3 Å². The van der Waals surface area contributed by atoms with Crippen molar-refractivity contribution >= 4 is 16.9 Å². The van der Waals surface area contributed by atoms with Crippen molar-refractivity contribution in [2.45, 2.75) is 6.42 Å². The van der Waals surface area contributed by atoms with Gasteiger partial charge < -0.3 is 15.3 Å². The van der Waals surface area contributed by atoms with E-state index in [-0.39, 0.29) is 5.91 Å². The van der Waals surface area contributed by atoms with E-state index >= 15 is 0 Å². The predicted octanol–water partition coefficient (Wildman–Crippen LogP) is 2.20. The van der Waals surface area contributed by atoms with Crippen LogP contribution in [0.2, 0.25) is 0 Å². The Labute approximate surface area is 120 Å². The van der Waals surface area contributed by atoms with E-state index in [4.69, 9.17) is 5.26 Å². The number of hydrogen-bond acceptors (Lipinski definition) is 3. The Bertz CT molecular complexity index is 824. The molecule has 6 heteroatoms. The molecule has 1 amide bonds. The van der Waals surface area contributed by atoms with Crippen molar-refractivity contribution in [1.82, 2.24) is 20.3 Å². The van der Waals surface area contributed by atoms with Crippen LogP contribution in [0.5, 0.6) is 0 Å². The highest BCUT2D eigenvalue weighted by atomic mass is 16.1. The quantitative estimate of drug-likeness (QED) is 0.638. The molecule has 3 N–H and O–H groups in total. The lowest BCUT2D eigenvalue weighted by Crippen LogP contribution is -2.24. The van der Waals surface area contributed by atoms with Gasteiger partial charge in [-0.2, -0.15) is 5.26 Å². The van der Waals surface area contributed by atoms with Gasteiger partial charge in [-0.25, -0.2) is 4.98 Å². The standard InChI is InChI=1S/C15H13N5O/c16-4-1-5-19-15(21)13-8-10(9-20-13)11-2-6-17-14-12(11)3-7-18-14/h2-3,6-9,20H,1,5H2,(H,17,18)(H,19,21). The summed E-state index contributed by atoms with van der Waals surface area (Å²) in [5.41, 5.74) is 3.22. The van der Waals surface area contributed by atoms with E-state index in [1.54, 1.807) is 18.5 Å². The maximum Gasteiger partial charge on any atom is 0.267 e. The molecule has 3 heterocycles. The summed E-state index contributed by atoms with van der Waals surface area (Å²) in [6.07, 6.45) is 5.66. The molecule has 0 aliphatic rings. The molecule has 3 rings (SSSR count). The van der Waals surface area contributed by atoms with E-state index in [1.165, 1.54) is 0 Å². The number of nitrogens with one attached hydrogen (secondary N) is 3. The molecular weight excluding hydrogens is 266 g/mol. The van der Waals surface area contributed by atoms with Crippen LogP contribution in [-0.4, -0.2) is 27.4 Å². The van der Waals surface area contributed by atoms with Gasteiger partial charge in [0.2, 0.25) is 0 Å². The first-order valence-corrected chi connectivity index (χ1v) is 6.55. The highest BCUT2D eigenvalue weighted by molar-refractivity contribution is 5.97. The first-order chi connectivity index (χ1) is 10.3. The van der Waals surface area contributed by atoms with Gasteiger partial charge in [0.15, 0.2) is 0 Å². The third-order valence-electron chi connectivity index (χ3n) is 3.22. The second kappa shape index (κ2) is 5.51. The molecule has 0 aliphatic carbocycles. The number of carbonyl (C=O) groups is 1. The molecule has 0 atom stereocenters. The molecule has 0 unspecified atom stereocenters. The van der Waals surface area contributed by atoms with Crippen molar-refractivity contribution in [3.8, 4) is 17.2 Å². The Morgan fingerprint density at radius 1 is 1.38 bits per heavy atom. The molecule has 0 aromatic carbocycles. The van der Waals surface area contributed by atoms with Crippen molar-refractivity contribution in [2.24, 2.45) is 0 Å². The molecule has 0 aliphatic heterocycles. The monoisotopic (exact) mass is 279 g/mol. The van der Waals surface area contributed by atoms with Gasteiger partial charge in [0.1, 0.15) is 11.3 Å². The smallest absolute Gasteiger partial charge is 0.267 e. The number of carbonyl (C=O) groups excluding carboxylic acids is 1.